The van der Waals surface area contributed by atoms with Gasteiger partial charge in [0.15, 0.2) is 0 Å². The first kappa shape index (κ1) is 13.4. The molecule has 0 saturated heterocycles. The van der Waals surface area contributed by atoms with Crippen LogP contribution in [0.3, 0.4) is 0 Å². The highest BCUT2D eigenvalue weighted by molar-refractivity contribution is 5.29. The molecule has 0 saturated carbocycles. The molecule has 0 fully saturated rings. The lowest BCUT2D eigenvalue weighted by Crippen LogP contribution is -2.18. The number of nitrogens with one attached hydrogen (secondary N) is 1. The lowest BCUT2D eigenvalue weighted by molar-refractivity contribution is 0.397. The maximum absolute atomic E-state index is 9.46. The van der Waals surface area contributed by atoms with Crippen molar-refractivity contribution in [3.05, 3.63) is 53.7 Å². The quantitative estimate of drug-likeness (QED) is 0.865. The topological polar surface area (TPSA) is 54.4 Å². The van der Waals surface area contributed by atoms with Gasteiger partial charge in [0.05, 0.1) is 7.11 Å². The van der Waals surface area contributed by atoms with Gasteiger partial charge in [-0.2, -0.15) is 0 Å². The highest BCUT2D eigenvalue weighted by Gasteiger charge is 2.06. The van der Waals surface area contributed by atoms with Crippen molar-refractivity contribution in [1.29, 1.82) is 0 Å². The second kappa shape index (κ2) is 6.20. The molecule has 100 valence electrons. The molecule has 1 heterocycles. The molecule has 1 unspecified atom stereocenters. The van der Waals surface area contributed by atoms with Gasteiger partial charge >= 0.3 is 0 Å². The van der Waals surface area contributed by atoms with Crippen LogP contribution in [0.1, 0.15) is 24.1 Å². The third-order valence-corrected chi connectivity index (χ3v) is 2.99. The molecule has 0 aliphatic heterocycles. The van der Waals surface area contributed by atoms with Crippen LogP contribution < -0.4 is 10.1 Å². The SMILES string of the molecule is COc1cc(CNC(C)c2cccc(O)c2)ccn1. The first-order valence-corrected chi connectivity index (χ1v) is 6.20. The third-order valence-electron chi connectivity index (χ3n) is 2.99. The average Bonchev–Trinajstić information content (AvgIpc) is 2.45. The lowest BCUT2D eigenvalue weighted by Gasteiger charge is -2.14. The van der Waals surface area contributed by atoms with Crippen LogP contribution in [-0.4, -0.2) is 17.2 Å². The Morgan fingerprint density at radius 1 is 1.32 bits per heavy atom. The van der Waals surface area contributed by atoms with E-state index in [0.717, 1.165) is 17.7 Å². The minimum atomic E-state index is 0.159. The molecular formula is C15H18N2O2. The summed E-state index contributed by atoms with van der Waals surface area (Å²) in [7, 11) is 1.61. The Morgan fingerprint density at radius 2 is 2.16 bits per heavy atom. The van der Waals surface area contributed by atoms with Crippen molar-refractivity contribution < 1.29 is 9.84 Å². The molecule has 2 aromatic rings. The Labute approximate surface area is 113 Å². The van der Waals surface area contributed by atoms with E-state index < -0.39 is 0 Å². The van der Waals surface area contributed by atoms with E-state index in [9.17, 15) is 5.11 Å². The molecule has 0 spiro atoms. The smallest absolute Gasteiger partial charge is 0.213 e. The highest BCUT2D eigenvalue weighted by Crippen LogP contribution is 2.18. The maximum atomic E-state index is 9.46. The molecule has 4 heteroatoms. The third kappa shape index (κ3) is 3.69. The van der Waals surface area contributed by atoms with Gasteiger partial charge in [-0.25, -0.2) is 4.98 Å². The van der Waals surface area contributed by atoms with Gasteiger partial charge in [0.1, 0.15) is 5.75 Å². The van der Waals surface area contributed by atoms with Crippen LogP contribution in [0, 0.1) is 0 Å². The minimum Gasteiger partial charge on any atom is -0.508 e. The first-order valence-electron chi connectivity index (χ1n) is 6.20. The summed E-state index contributed by atoms with van der Waals surface area (Å²) < 4.78 is 5.09. The summed E-state index contributed by atoms with van der Waals surface area (Å²) in [6, 6.07) is 11.3. The molecule has 1 aromatic carbocycles. The summed E-state index contributed by atoms with van der Waals surface area (Å²) >= 11 is 0. The molecule has 0 bridgehead atoms. The average molecular weight is 258 g/mol. The van der Waals surface area contributed by atoms with Gasteiger partial charge in [0, 0.05) is 24.8 Å². The number of hydrogen-bond acceptors (Lipinski definition) is 4. The Kier molecular flexibility index (Phi) is 4.36. The maximum Gasteiger partial charge on any atom is 0.213 e. The number of aromatic hydroxyl groups is 1. The lowest BCUT2D eigenvalue weighted by atomic mass is 10.1. The number of aromatic nitrogens is 1. The van der Waals surface area contributed by atoms with Crippen LogP contribution in [0.4, 0.5) is 0 Å². The normalized spacial score (nSPS) is 12.1. The number of phenols is 1. The van der Waals surface area contributed by atoms with Crippen molar-refractivity contribution in [3.63, 3.8) is 0 Å². The number of pyridine rings is 1. The van der Waals surface area contributed by atoms with Crippen molar-refractivity contribution in [3.8, 4) is 11.6 Å². The largest absolute Gasteiger partial charge is 0.508 e. The van der Waals surface area contributed by atoms with Gasteiger partial charge in [-0.15, -0.1) is 0 Å². The first-order chi connectivity index (χ1) is 9.19. The summed E-state index contributed by atoms with van der Waals surface area (Å²) in [5.41, 5.74) is 2.17. The van der Waals surface area contributed by atoms with Crippen LogP contribution in [-0.2, 0) is 6.54 Å². The van der Waals surface area contributed by atoms with Gasteiger partial charge in [-0.3, -0.25) is 0 Å². The van der Waals surface area contributed by atoms with E-state index in [1.165, 1.54) is 0 Å². The summed E-state index contributed by atoms with van der Waals surface area (Å²) in [5, 5.41) is 12.9. The monoisotopic (exact) mass is 258 g/mol. The van der Waals surface area contributed by atoms with E-state index in [4.69, 9.17) is 4.74 Å². The number of phenolic OH excluding ortho intramolecular Hbond substituents is 1. The van der Waals surface area contributed by atoms with Crippen molar-refractivity contribution in [2.45, 2.75) is 19.5 Å². The predicted molar refractivity (Wildman–Crippen MR) is 74.2 cm³/mol. The molecule has 0 aliphatic carbocycles. The van der Waals surface area contributed by atoms with E-state index in [1.54, 1.807) is 25.4 Å². The second-order valence-corrected chi connectivity index (χ2v) is 4.40. The van der Waals surface area contributed by atoms with E-state index in [-0.39, 0.29) is 11.8 Å². The molecule has 4 nitrogen and oxygen atoms in total. The molecule has 1 aromatic heterocycles. The fourth-order valence-electron chi connectivity index (χ4n) is 1.85. The van der Waals surface area contributed by atoms with Crippen LogP contribution in [0.25, 0.3) is 0 Å². The van der Waals surface area contributed by atoms with Crippen LogP contribution in [0.2, 0.25) is 0 Å². The van der Waals surface area contributed by atoms with E-state index in [2.05, 4.69) is 17.2 Å². The fraction of sp³-hybridized carbons (Fsp3) is 0.267. The molecular weight excluding hydrogens is 240 g/mol. The number of nitrogens with zero attached hydrogens (tertiary/aromatic N) is 1. The van der Waals surface area contributed by atoms with Crippen molar-refractivity contribution >= 4 is 0 Å². The summed E-state index contributed by atoms with van der Waals surface area (Å²) in [6.45, 7) is 2.78. The fourth-order valence-corrected chi connectivity index (χ4v) is 1.85. The molecule has 0 radical (unpaired) electrons. The summed E-state index contributed by atoms with van der Waals surface area (Å²) in [5.74, 6) is 0.904. The van der Waals surface area contributed by atoms with E-state index in [0.29, 0.717) is 5.88 Å². The predicted octanol–water partition coefficient (Wildman–Crippen LogP) is 2.65. The molecule has 2 N–H and O–H groups in total. The van der Waals surface area contributed by atoms with Crippen molar-refractivity contribution in [2.75, 3.05) is 7.11 Å². The molecule has 1 atom stereocenters. The van der Waals surface area contributed by atoms with E-state index >= 15 is 0 Å². The van der Waals surface area contributed by atoms with Gasteiger partial charge in [0.2, 0.25) is 5.88 Å². The van der Waals surface area contributed by atoms with Gasteiger partial charge in [-0.05, 0) is 36.2 Å². The Bertz CT molecular complexity index is 543. The Morgan fingerprint density at radius 3 is 2.89 bits per heavy atom. The number of ether oxygens (including phenoxy) is 1. The zero-order valence-electron chi connectivity index (χ0n) is 11.1. The van der Waals surface area contributed by atoms with Gasteiger partial charge < -0.3 is 15.2 Å². The Hall–Kier alpha value is -2.07. The number of methoxy groups -OCH3 is 1. The number of benzene rings is 1. The van der Waals surface area contributed by atoms with Crippen LogP contribution in [0.5, 0.6) is 11.6 Å². The molecule has 0 aliphatic rings. The molecule has 2 rings (SSSR count). The van der Waals surface area contributed by atoms with Gasteiger partial charge in [-0.1, -0.05) is 12.1 Å². The molecule has 19 heavy (non-hydrogen) atoms. The zero-order chi connectivity index (χ0) is 13.7. The van der Waals surface area contributed by atoms with E-state index in [1.807, 2.05) is 24.3 Å². The summed E-state index contributed by atoms with van der Waals surface area (Å²) in [4.78, 5) is 4.07. The minimum absolute atomic E-state index is 0.159. The number of rotatable bonds is 5. The highest BCUT2D eigenvalue weighted by atomic mass is 16.5. The van der Waals surface area contributed by atoms with Gasteiger partial charge in [0.25, 0.3) is 0 Å². The van der Waals surface area contributed by atoms with Crippen molar-refractivity contribution in [1.82, 2.24) is 10.3 Å². The standard InChI is InChI=1S/C15H18N2O2/c1-11(13-4-3-5-14(18)9-13)17-10-12-6-7-16-15(8-12)19-2/h3-9,11,17-18H,10H2,1-2H3. The Balaban J connectivity index is 1.98. The van der Waals surface area contributed by atoms with Crippen molar-refractivity contribution in [2.24, 2.45) is 0 Å². The summed E-state index contributed by atoms with van der Waals surface area (Å²) in [6.07, 6.45) is 1.73. The van der Waals surface area contributed by atoms with Crippen LogP contribution in [0.15, 0.2) is 42.6 Å². The number of hydrogen-bond donors (Lipinski definition) is 2. The second-order valence-electron chi connectivity index (χ2n) is 4.40. The zero-order valence-corrected chi connectivity index (χ0v) is 11.1. The van der Waals surface area contributed by atoms with Crippen LogP contribution >= 0.6 is 0 Å². The molecule has 0 amide bonds.